The molecule has 1 aromatic carbocycles. The third-order valence-electron chi connectivity index (χ3n) is 4.81. The highest BCUT2D eigenvalue weighted by molar-refractivity contribution is 5.36. The highest BCUT2D eigenvalue weighted by atomic mass is 16.5. The van der Waals surface area contributed by atoms with Gasteiger partial charge in [0.15, 0.2) is 0 Å². The van der Waals surface area contributed by atoms with Crippen molar-refractivity contribution in [3.63, 3.8) is 0 Å². The van der Waals surface area contributed by atoms with E-state index in [1.807, 2.05) is 31.2 Å². The molecule has 0 spiro atoms. The van der Waals surface area contributed by atoms with Gasteiger partial charge in [-0.05, 0) is 44.1 Å². The Bertz CT molecular complexity index is 457. The molecule has 1 aliphatic rings. The second-order valence-corrected chi connectivity index (χ2v) is 6.81. The van der Waals surface area contributed by atoms with Gasteiger partial charge in [-0.1, -0.05) is 32.0 Å². The van der Waals surface area contributed by atoms with Gasteiger partial charge >= 0.3 is 0 Å². The normalized spacial score (nSPS) is 21.8. The summed E-state index contributed by atoms with van der Waals surface area (Å²) in [4.78, 5) is 0. The van der Waals surface area contributed by atoms with Crippen molar-refractivity contribution in [3.8, 4) is 5.75 Å². The summed E-state index contributed by atoms with van der Waals surface area (Å²) in [6.07, 6.45) is 3.25. The topological polar surface area (TPSA) is 38.7 Å². The van der Waals surface area contributed by atoms with E-state index in [1.54, 1.807) is 7.11 Å². The van der Waals surface area contributed by atoms with Crippen LogP contribution in [0.2, 0.25) is 0 Å². The molecule has 1 aliphatic carbocycles. The molecular formula is C18H28O3. The largest absolute Gasteiger partial charge is 0.496 e. The van der Waals surface area contributed by atoms with Gasteiger partial charge in [-0.2, -0.15) is 0 Å². The highest BCUT2D eigenvalue weighted by Gasteiger charge is 2.45. The van der Waals surface area contributed by atoms with Crippen molar-refractivity contribution in [1.29, 1.82) is 0 Å². The average molecular weight is 292 g/mol. The Labute approximate surface area is 128 Å². The lowest BCUT2D eigenvalue weighted by atomic mass is 9.68. The lowest BCUT2D eigenvalue weighted by Gasteiger charge is -2.46. The van der Waals surface area contributed by atoms with E-state index >= 15 is 0 Å². The van der Waals surface area contributed by atoms with Crippen LogP contribution < -0.4 is 4.74 Å². The minimum atomic E-state index is -0.648. The first kappa shape index (κ1) is 16.3. The van der Waals surface area contributed by atoms with Crippen LogP contribution in [0.5, 0.6) is 5.75 Å². The fourth-order valence-electron chi connectivity index (χ4n) is 3.31. The van der Waals surface area contributed by atoms with Crippen molar-refractivity contribution in [2.24, 2.45) is 5.41 Å². The maximum Gasteiger partial charge on any atom is 0.124 e. The summed E-state index contributed by atoms with van der Waals surface area (Å²) in [6.45, 7) is 7.19. The molecule has 0 saturated heterocycles. The summed E-state index contributed by atoms with van der Waals surface area (Å²) in [5, 5.41) is 11.0. The van der Waals surface area contributed by atoms with E-state index in [0.29, 0.717) is 12.0 Å². The van der Waals surface area contributed by atoms with Crippen LogP contribution in [0, 0.1) is 5.41 Å². The van der Waals surface area contributed by atoms with Gasteiger partial charge < -0.3 is 14.6 Å². The molecule has 118 valence electrons. The molecule has 0 amide bonds. The van der Waals surface area contributed by atoms with Gasteiger partial charge in [0, 0.05) is 12.2 Å². The summed E-state index contributed by atoms with van der Waals surface area (Å²) in [6, 6.07) is 7.69. The Morgan fingerprint density at radius 3 is 2.33 bits per heavy atom. The van der Waals surface area contributed by atoms with Gasteiger partial charge in [0.25, 0.3) is 0 Å². The van der Waals surface area contributed by atoms with Crippen molar-refractivity contribution >= 4 is 0 Å². The maximum absolute atomic E-state index is 11.0. The molecular weight excluding hydrogens is 264 g/mol. The number of benzene rings is 1. The number of rotatable bonds is 5. The Morgan fingerprint density at radius 1 is 1.14 bits per heavy atom. The van der Waals surface area contributed by atoms with Gasteiger partial charge in [0.2, 0.25) is 0 Å². The zero-order valence-electron chi connectivity index (χ0n) is 13.7. The number of ether oxygens (including phenoxy) is 2. The molecule has 0 bridgehead atoms. The lowest BCUT2D eigenvalue weighted by Crippen LogP contribution is -2.44. The van der Waals surface area contributed by atoms with Crippen LogP contribution in [0.4, 0.5) is 0 Å². The molecule has 0 aliphatic heterocycles. The molecule has 1 fully saturated rings. The van der Waals surface area contributed by atoms with E-state index in [9.17, 15) is 5.11 Å². The maximum atomic E-state index is 11.0. The first-order valence-electron chi connectivity index (χ1n) is 7.89. The van der Waals surface area contributed by atoms with Crippen molar-refractivity contribution in [2.45, 2.75) is 58.2 Å². The number of hydrogen-bond donors (Lipinski definition) is 1. The van der Waals surface area contributed by atoms with E-state index in [-0.39, 0.29) is 0 Å². The van der Waals surface area contributed by atoms with Crippen LogP contribution >= 0.6 is 0 Å². The fourth-order valence-corrected chi connectivity index (χ4v) is 3.31. The van der Waals surface area contributed by atoms with Crippen molar-refractivity contribution in [2.75, 3.05) is 13.7 Å². The number of para-hydroxylation sites is 1. The summed E-state index contributed by atoms with van der Waals surface area (Å²) < 4.78 is 11.5. The molecule has 0 radical (unpaired) electrons. The van der Waals surface area contributed by atoms with Crippen LogP contribution in [0.3, 0.4) is 0 Å². The van der Waals surface area contributed by atoms with Crippen LogP contribution in [0.15, 0.2) is 24.3 Å². The first-order valence-corrected chi connectivity index (χ1v) is 7.89. The second-order valence-electron chi connectivity index (χ2n) is 6.81. The van der Waals surface area contributed by atoms with Crippen molar-refractivity contribution in [3.05, 3.63) is 29.8 Å². The van der Waals surface area contributed by atoms with Gasteiger partial charge in [0.1, 0.15) is 11.9 Å². The molecule has 1 atom stereocenters. The molecule has 1 unspecified atom stereocenters. The molecule has 0 heterocycles. The minimum absolute atomic E-state index is 0.334. The van der Waals surface area contributed by atoms with E-state index in [0.717, 1.165) is 37.0 Å². The van der Waals surface area contributed by atoms with E-state index in [4.69, 9.17) is 9.47 Å². The van der Waals surface area contributed by atoms with Crippen LogP contribution in [-0.2, 0) is 4.74 Å². The molecule has 1 aromatic rings. The van der Waals surface area contributed by atoms with Crippen molar-refractivity contribution in [1.82, 2.24) is 0 Å². The smallest absolute Gasteiger partial charge is 0.124 e. The highest BCUT2D eigenvalue weighted by Crippen LogP contribution is 2.48. The third-order valence-corrected chi connectivity index (χ3v) is 4.81. The standard InChI is InChI=1S/C18H28O3/c1-5-21-18(12-10-17(2,3)11-13-18)16(19)14-8-6-7-9-15(14)20-4/h6-9,16,19H,5,10-13H2,1-4H3. The van der Waals surface area contributed by atoms with Crippen LogP contribution in [0.1, 0.15) is 58.1 Å². The Morgan fingerprint density at radius 2 is 1.76 bits per heavy atom. The van der Waals surface area contributed by atoms with E-state index in [1.165, 1.54) is 0 Å². The van der Waals surface area contributed by atoms with Crippen molar-refractivity contribution < 1.29 is 14.6 Å². The Hall–Kier alpha value is -1.06. The molecule has 0 aromatic heterocycles. The summed E-state index contributed by atoms with van der Waals surface area (Å²) in [7, 11) is 1.64. The summed E-state index contributed by atoms with van der Waals surface area (Å²) >= 11 is 0. The Balaban J connectivity index is 2.29. The molecule has 1 saturated carbocycles. The lowest BCUT2D eigenvalue weighted by molar-refractivity contribution is -0.154. The first-order chi connectivity index (χ1) is 9.94. The number of methoxy groups -OCH3 is 1. The van der Waals surface area contributed by atoms with E-state index in [2.05, 4.69) is 13.8 Å². The van der Waals surface area contributed by atoms with Gasteiger partial charge in [0.05, 0.1) is 12.7 Å². The molecule has 3 heteroatoms. The SMILES string of the molecule is CCOC1(C(O)c2ccccc2OC)CCC(C)(C)CC1. The molecule has 1 N–H and O–H groups in total. The molecule has 3 nitrogen and oxygen atoms in total. The third kappa shape index (κ3) is 3.41. The predicted octanol–water partition coefficient (Wildman–Crippen LogP) is 4.10. The molecule has 21 heavy (non-hydrogen) atoms. The predicted molar refractivity (Wildman–Crippen MR) is 84.6 cm³/mol. The van der Waals surface area contributed by atoms with Crippen LogP contribution in [-0.4, -0.2) is 24.4 Å². The van der Waals surface area contributed by atoms with E-state index < -0.39 is 11.7 Å². The quantitative estimate of drug-likeness (QED) is 0.888. The minimum Gasteiger partial charge on any atom is -0.496 e. The summed E-state index contributed by atoms with van der Waals surface area (Å²) in [5.41, 5.74) is 0.674. The molecule has 2 rings (SSSR count). The monoisotopic (exact) mass is 292 g/mol. The second kappa shape index (κ2) is 6.37. The van der Waals surface area contributed by atoms with Crippen LogP contribution in [0.25, 0.3) is 0 Å². The number of hydrogen-bond acceptors (Lipinski definition) is 3. The van der Waals surface area contributed by atoms with Gasteiger partial charge in [-0.15, -0.1) is 0 Å². The average Bonchev–Trinajstić information content (AvgIpc) is 2.49. The van der Waals surface area contributed by atoms with Gasteiger partial charge in [-0.25, -0.2) is 0 Å². The number of aliphatic hydroxyl groups is 1. The zero-order valence-corrected chi connectivity index (χ0v) is 13.7. The van der Waals surface area contributed by atoms with Gasteiger partial charge in [-0.3, -0.25) is 0 Å². The summed E-state index contributed by atoms with van der Waals surface area (Å²) in [5.74, 6) is 0.730. The Kier molecular flexibility index (Phi) is 4.95. The number of aliphatic hydroxyl groups excluding tert-OH is 1. The fraction of sp³-hybridized carbons (Fsp3) is 0.667. The zero-order chi connectivity index (χ0) is 15.5.